The monoisotopic (exact) mass is 170 g/mol. The molecule has 0 saturated carbocycles. The molecule has 2 aliphatic rings. The number of β-lactam (4-membered cyclic amide) rings is 1. The zero-order valence-corrected chi connectivity index (χ0v) is 6.43. The molecule has 1 fully saturated rings. The largest absolute Gasteiger partial charge is 0.364 e. The Hall–Kier alpha value is -0.970. The molecule has 11 heavy (non-hydrogen) atoms. The average molecular weight is 170 g/mol. The Bertz CT molecular complexity index is 274. The number of amides is 2. The average Bonchev–Trinajstić information content (AvgIpc) is 2.25. The summed E-state index contributed by atoms with van der Waals surface area (Å²) in [4.78, 5) is 23.0. The first-order chi connectivity index (χ1) is 5.20. The van der Waals surface area contributed by atoms with Crippen LogP contribution in [0.15, 0.2) is 11.1 Å². The van der Waals surface area contributed by atoms with E-state index in [9.17, 15) is 9.59 Å². The summed E-state index contributed by atoms with van der Waals surface area (Å²) in [6, 6.07) is 0. The fourth-order valence-corrected chi connectivity index (χ4v) is 2.27. The fourth-order valence-electron chi connectivity index (χ4n) is 1.16. The van der Waals surface area contributed by atoms with Gasteiger partial charge in [-0.15, -0.1) is 11.8 Å². The van der Waals surface area contributed by atoms with E-state index in [1.165, 1.54) is 16.7 Å². The maximum atomic E-state index is 10.9. The van der Waals surface area contributed by atoms with Gasteiger partial charge in [-0.05, 0) is 0 Å². The second-order valence-corrected chi connectivity index (χ2v) is 3.48. The number of rotatable bonds is 1. The summed E-state index contributed by atoms with van der Waals surface area (Å²) in [6.07, 6.45) is 0.526. The van der Waals surface area contributed by atoms with Gasteiger partial charge in [-0.2, -0.15) is 0 Å². The van der Waals surface area contributed by atoms with Crippen molar-refractivity contribution in [2.24, 2.45) is 5.73 Å². The lowest BCUT2D eigenvalue weighted by Crippen LogP contribution is -2.49. The molecule has 0 aliphatic carbocycles. The van der Waals surface area contributed by atoms with Crippen LogP contribution in [0.5, 0.6) is 0 Å². The molecule has 0 aromatic heterocycles. The summed E-state index contributed by atoms with van der Waals surface area (Å²) < 4.78 is 0. The minimum Gasteiger partial charge on any atom is -0.364 e. The fraction of sp³-hybridized carbons (Fsp3) is 0.333. The highest BCUT2D eigenvalue weighted by atomic mass is 32.2. The molecular weight excluding hydrogens is 164 g/mol. The van der Waals surface area contributed by atoms with E-state index in [0.29, 0.717) is 12.1 Å². The first kappa shape index (κ1) is 6.72. The Labute approximate surface area is 67.4 Å². The summed E-state index contributed by atoms with van der Waals surface area (Å²) in [5.74, 6) is -0.530. The number of thioether (sulfide) groups is 1. The number of hydrogen-bond donors (Lipinski definition) is 1. The predicted octanol–water partition coefficient (Wildman–Crippen LogP) is -0.382. The van der Waals surface area contributed by atoms with E-state index < -0.39 is 5.91 Å². The lowest BCUT2D eigenvalue weighted by atomic mass is 10.2. The van der Waals surface area contributed by atoms with Crippen molar-refractivity contribution in [3.63, 3.8) is 0 Å². The van der Waals surface area contributed by atoms with Crippen molar-refractivity contribution in [1.29, 1.82) is 0 Å². The van der Waals surface area contributed by atoms with Gasteiger partial charge in [0.15, 0.2) is 0 Å². The molecule has 0 unspecified atom stereocenters. The van der Waals surface area contributed by atoms with Gasteiger partial charge in [0.2, 0.25) is 5.91 Å². The smallest absolute Gasteiger partial charge is 0.265 e. The van der Waals surface area contributed by atoms with Gasteiger partial charge in [0.05, 0.1) is 11.8 Å². The molecule has 5 heteroatoms. The summed E-state index contributed by atoms with van der Waals surface area (Å²) in [7, 11) is 0. The summed E-state index contributed by atoms with van der Waals surface area (Å²) in [6.45, 7) is 0. The van der Waals surface area contributed by atoms with Crippen molar-refractivity contribution in [2.75, 3.05) is 0 Å². The SMILES string of the molecule is NC(=O)C1=CS[C@H]2CC(=O)N12. The van der Waals surface area contributed by atoms with Gasteiger partial charge in [-0.25, -0.2) is 0 Å². The second kappa shape index (κ2) is 2.01. The van der Waals surface area contributed by atoms with Crippen LogP contribution in [-0.2, 0) is 9.59 Å². The van der Waals surface area contributed by atoms with E-state index in [2.05, 4.69) is 0 Å². The zero-order chi connectivity index (χ0) is 8.01. The van der Waals surface area contributed by atoms with Gasteiger partial charge in [0.25, 0.3) is 5.91 Å². The molecule has 2 rings (SSSR count). The van der Waals surface area contributed by atoms with Crippen LogP contribution in [0.1, 0.15) is 6.42 Å². The third-order valence-corrected chi connectivity index (χ3v) is 2.81. The molecule has 0 bridgehead atoms. The zero-order valence-electron chi connectivity index (χ0n) is 5.61. The van der Waals surface area contributed by atoms with Crippen molar-refractivity contribution in [3.05, 3.63) is 11.1 Å². The van der Waals surface area contributed by atoms with E-state index in [1.807, 2.05) is 0 Å². The quantitative estimate of drug-likeness (QED) is 0.545. The van der Waals surface area contributed by atoms with Gasteiger partial charge in [0.1, 0.15) is 5.70 Å². The highest BCUT2D eigenvalue weighted by Gasteiger charge is 2.43. The Morgan fingerprint density at radius 3 is 3.00 bits per heavy atom. The molecule has 2 aliphatic heterocycles. The van der Waals surface area contributed by atoms with Crippen LogP contribution < -0.4 is 5.73 Å². The molecule has 0 aromatic rings. The number of primary amides is 1. The Balaban J connectivity index is 2.24. The van der Waals surface area contributed by atoms with Crippen LogP contribution in [0, 0.1) is 0 Å². The number of carbonyl (C=O) groups excluding carboxylic acids is 2. The number of fused-ring (bicyclic) bond motifs is 1. The van der Waals surface area contributed by atoms with Crippen LogP contribution in [0.4, 0.5) is 0 Å². The predicted molar refractivity (Wildman–Crippen MR) is 40.1 cm³/mol. The first-order valence-electron chi connectivity index (χ1n) is 3.17. The molecule has 1 saturated heterocycles. The highest BCUT2D eigenvalue weighted by Crippen LogP contribution is 2.40. The van der Waals surface area contributed by atoms with E-state index in [4.69, 9.17) is 5.73 Å². The molecule has 0 radical (unpaired) electrons. The highest BCUT2D eigenvalue weighted by molar-refractivity contribution is 8.03. The molecule has 1 atom stereocenters. The minimum absolute atomic E-state index is 0.00921. The van der Waals surface area contributed by atoms with E-state index in [1.54, 1.807) is 5.41 Å². The van der Waals surface area contributed by atoms with E-state index >= 15 is 0 Å². The Kier molecular flexibility index (Phi) is 1.23. The topological polar surface area (TPSA) is 63.4 Å². The summed E-state index contributed by atoms with van der Waals surface area (Å²) in [5.41, 5.74) is 5.38. The molecule has 58 valence electrons. The van der Waals surface area contributed by atoms with Crippen LogP contribution in [0.2, 0.25) is 0 Å². The van der Waals surface area contributed by atoms with E-state index in [-0.39, 0.29) is 11.3 Å². The number of carbonyl (C=O) groups is 2. The molecule has 0 spiro atoms. The standard InChI is InChI=1S/C6H6N2O2S/c7-6(10)3-2-11-5-1-4(9)8(3)5/h2,5H,1H2,(H2,7,10)/t5-/m0/s1. The van der Waals surface area contributed by atoms with Gasteiger partial charge in [-0.1, -0.05) is 0 Å². The second-order valence-electron chi connectivity index (χ2n) is 2.43. The van der Waals surface area contributed by atoms with Crippen LogP contribution in [0.25, 0.3) is 0 Å². The summed E-state index contributed by atoms with van der Waals surface area (Å²) >= 11 is 1.47. The van der Waals surface area contributed by atoms with Crippen molar-refractivity contribution in [1.82, 2.24) is 4.90 Å². The molecule has 2 amide bonds. The third-order valence-electron chi connectivity index (χ3n) is 1.75. The molecule has 2 heterocycles. The van der Waals surface area contributed by atoms with Crippen LogP contribution in [-0.4, -0.2) is 22.1 Å². The Morgan fingerprint density at radius 1 is 1.82 bits per heavy atom. The van der Waals surface area contributed by atoms with Crippen LogP contribution in [0.3, 0.4) is 0 Å². The van der Waals surface area contributed by atoms with Gasteiger partial charge in [-0.3, -0.25) is 14.5 Å². The molecule has 4 nitrogen and oxygen atoms in total. The number of nitrogens with two attached hydrogens (primary N) is 1. The maximum absolute atomic E-state index is 10.9. The maximum Gasteiger partial charge on any atom is 0.265 e. The number of hydrogen-bond acceptors (Lipinski definition) is 3. The normalized spacial score (nSPS) is 27.6. The van der Waals surface area contributed by atoms with Crippen molar-refractivity contribution >= 4 is 23.6 Å². The lowest BCUT2D eigenvalue weighted by molar-refractivity contribution is -0.140. The third kappa shape index (κ3) is 0.773. The van der Waals surface area contributed by atoms with E-state index in [0.717, 1.165) is 0 Å². The lowest BCUT2D eigenvalue weighted by Gasteiger charge is -2.34. The summed E-state index contributed by atoms with van der Waals surface area (Å²) in [5, 5.41) is 1.79. The van der Waals surface area contributed by atoms with Crippen molar-refractivity contribution in [2.45, 2.75) is 11.8 Å². The Morgan fingerprint density at radius 2 is 2.55 bits per heavy atom. The minimum atomic E-state index is -0.520. The van der Waals surface area contributed by atoms with Crippen molar-refractivity contribution in [3.8, 4) is 0 Å². The first-order valence-corrected chi connectivity index (χ1v) is 4.12. The molecular formula is C6H6N2O2S. The van der Waals surface area contributed by atoms with Crippen molar-refractivity contribution < 1.29 is 9.59 Å². The van der Waals surface area contributed by atoms with Crippen LogP contribution >= 0.6 is 11.8 Å². The molecule has 2 N–H and O–H groups in total. The van der Waals surface area contributed by atoms with Gasteiger partial charge in [0, 0.05) is 5.41 Å². The van der Waals surface area contributed by atoms with Gasteiger partial charge < -0.3 is 5.73 Å². The molecule has 0 aromatic carbocycles. The van der Waals surface area contributed by atoms with Gasteiger partial charge >= 0.3 is 0 Å². The number of nitrogens with zero attached hydrogens (tertiary/aromatic N) is 1.